The zero-order valence-corrected chi connectivity index (χ0v) is 8.46. The molecule has 0 fully saturated rings. The third kappa shape index (κ3) is 3.47. The largest absolute Gasteiger partial charge is 0.399 e. The maximum Gasteiger partial charge on any atom is 0.0314 e. The second kappa shape index (κ2) is 4.87. The number of hydrogen-bond acceptors (Lipinski definition) is 2. The van der Waals surface area contributed by atoms with E-state index in [2.05, 4.69) is 31.0 Å². The lowest BCUT2D eigenvalue weighted by molar-refractivity contribution is 0.327. The molecule has 0 radical (unpaired) electrons. The molecule has 72 valence electrons. The summed E-state index contributed by atoms with van der Waals surface area (Å²) in [6.45, 7) is 4.35. The number of nitrogens with two attached hydrogens (primary N) is 1. The van der Waals surface area contributed by atoms with Crippen LogP contribution in [-0.2, 0) is 6.54 Å². The Hall–Kier alpha value is -1.02. The van der Waals surface area contributed by atoms with E-state index in [-0.39, 0.29) is 0 Å². The van der Waals surface area contributed by atoms with Gasteiger partial charge in [-0.25, -0.2) is 0 Å². The van der Waals surface area contributed by atoms with E-state index in [9.17, 15) is 0 Å². The Morgan fingerprint density at radius 3 is 2.38 bits per heavy atom. The highest BCUT2D eigenvalue weighted by atomic mass is 15.1. The number of benzene rings is 1. The number of nitrogen functional groups attached to an aromatic ring is 1. The molecule has 0 aliphatic carbocycles. The Balaban J connectivity index is 2.49. The summed E-state index contributed by atoms with van der Waals surface area (Å²) in [5, 5.41) is 0. The standard InChI is InChI=1S/C11H18N2/c1-3-8-13(2)9-10-4-6-11(12)7-5-10/h4-7H,3,8-9,12H2,1-2H3. The number of anilines is 1. The van der Waals surface area contributed by atoms with Crippen LogP contribution in [0.5, 0.6) is 0 Å². The van der Waals surface area contributed by atoms with E-state index in [0.717, 1.165) is 18.8 Å². The van der Waals surface area contributed by atoms with Crippen molar-refractivity contribution in [3.05, 3.63) is 29.8 Å². The molecule has 0 saturated carbocycles. The van der Waals surface area contributed by atoms with Crippen molar-refractivity contribution in [2.45, 2.75) is 19.9 Å². The van der Waals surface area contributed by atoms with Gasteiger partial charge in [0.1, 0.15) is 0 Å². The van der Waals surface area contributed by atoms with Crippen LogP contribution in [0.4, 0.5) is 5.69 Å². The molecule has 0 spiro atoms. The van der Waals surface area contributed by atoms with Gasteiger partial charge in [-0.1, -0.05) is 19.1 Å². The molecule has 1 aromatic carbocycles. The predicted octanol–water partition coefficient (Wildman–Crippen LogP) is 2.11. The van der Waals surface area contributed by atoms with Crippen molar-refractivity contribution in [3.63, 3.8) is 0 Å². The van der Waals surface area contributed by atoms with Gasteiger partial charge in [-0.2, -0.15) is 0 Å². The van der Waals surface area contributed by atoms with Gasteiger partial charge in [-0.15, -0.1) is 0 Å². The molecule has 13 heavy (non-hydrogen) atoms. The molecule has 0 heterocycles. The second-order valence-electron chi connectivity index (χ2n) is 3.48. The van der Waals surface area contributed by atoms with Gasteiger partial charge in [0.05, 0.1) is 0 Å². The Morgan fingerprint density at radius 2 is 1.85 bits per heavy atom. The first-order chi connectivity index (χ1) is 6.22. The molecule has 0 bridgehead atoms. The monoisotopic (exact) mass is 178 g/mol. The average Bonchev–Trinajstić information content (AvgIpc) is 2.09. The molecular weight excluding hydrogens is 160 g/mol. The molecule has 2 N–H and O–H groups in total. The zero-order valence-electron chi connectivity index (χ0n) is 8.46. The fourth-order valence-corrected chi connectivity index (χ4v) is 1.40. The third-order valence-corrected chi connectivity index (χ3v) is 2.04. The quantitative estimate of drug-likeness (QED) is 0.715. The molecule has 2 nitrogen and oxygen atoms in total. The molecule has 1 rings (SSSR count). The minimum Gasteiger partial charge on any atom is -0.399 e. The van der Waals surface area contributed by atoms with Gasteiger partial charge in [0.15, 0.2) is 0 Å². The molecular formula is C11H18N2. The Morgan fingerprint density at radius 1 is 1.23 bits per heavy atom. The van der Waals surface area contributed by atoms with E-state index < -0.39 is 0 Å². The first-order valence-electron chi connectivity index (χ1n) is 4.75. The van der Waals surface area contributed by atoms with Crippen LogP contribution in [0.3, 0.4) is 0 Å². The van der Waals surface area contributed by atoms with Crippen molar-refractivity contribution < 1.29 is 0 Å². The van der Waals surface area contributed by atoms with Crippen LogP contribution in [0.25, 0.3) is 0 Å². The smallest absolute Gasteiger partial charge is 0.0314 e. The van der Waals surface area contributed by atoms with Crippen molar-refractivity contribution in [1.29, 1.82) is 0 Å². The van der Waals surface area contributed by atoms with Gasteiger partial charge in [0.2, 0.25) is 0 Å². The summed E-state index contributed by atoms with van der Waals surface area (Å²) in [5.41, 5.74) is 7.76. The van der Waals surface area contributed by atoms with Gasteiger partial charge < -0.3 is 10.6 Å². The molecule has 0 amide bonds. The van der Waals surface area contributed by atoms with Crippen LogP contribution in [-0.4, -0.2) is 18.5 Å². The molecule has 0 atom stereocenters. The fourth-order valence-electron chi connectivity index (χ4n) is 1.40. The van der Waals surface area contributed by atoms with E-state index in [1.807, 2.05) is 12.1 Å². The van der Waals surface area contributed by atoms with E-state index in [4.69, 9.17) is 5.73 Å². The van der Waals surface area contributed by atoms with E-state index in [1.165, 1.54) is 12.0 Å². The van der Waals surface area contributed by atoms with Crippen molar-refractivity contribution in [3.8, 4) is 0 Å². The predicted molar refractivity (Wildman–Crippen MR) is 57.5 cm³/mol. The maximum absolute atomic E-state index is 5.60. The summed E-state index contributed by atoms with van der Waals surface area (Å²) in [4.78, 5) is 2.31. The average molecular weight is 178 g/mol. The summed E-state index contributed by atoms with van der Waals surface area (Å²) in [6.07, 6.45) is 1.20. The summed E-state index contributed by atoms with van der Waals surface area (Å²) < 4.78 is 0. The van der Waals surface area contributed by atoms with Gasteiger partial charge in [0, 0.05) is 12.2 Å². The summed E-state index contributed by atoms with van der Waals surface area (Å²) in [5.74, 6) is 0. The lowest BCUT2D eigenvalue weighted by atomic mass is 10.2. The highest BCUT2D eigenvalue weighted by molar-refractivity contribution is 5.39. The lowest BCUT2D eigenvalue weighted by Crippen LogP contribution is -2.18. The third-order valence-electron chi connectivity index (χ3n) is 2.04. The van der Waals surface area contributed by atoms with Gasteiger partial charge in [-0.3, -0.25) is 0 Å². The minimum absolute atomic E-state index is 0.835. The van der Waals surface area contributed by atoms with Crippen molar-refractivity contribution >= 4 is 5.69 Å². The second-order valence-corrected chi connectivity index (χ2v) is 3.48. The van der Waals surface area contributed by atoms with E-state index >= 15 is 0 Å². The molecule has 0 aromatic heterocycles. The van der Waals surface area contributed by atoms with Crippen LogP contribution in [0.1, 0.15) is 18.9 Å². The molecule has 0 unspecified atom stereocenters. The van der Waals surface area contributed by atoms with Crippen LogP contribution in [0, 0.1) is 0 Å². The Bertz CT molecular complexity index is 241. The zero-order chi connectivity index (χ0) is 9.68. The SMILES string of the molecule is CCCN(C)Cc1ccc(N)cc1. The van der Waals surface area contributed by atoms with Crippen molar-refractivity contribution in [1.82, 2.24) is 4.90 Å². The van der Waals surface area contributed by atoms with E-state index in [0.29, 0.717) is 0 Å². The van der Waals surface area contributed by atoms with E-state index in [1.54, 1.807) is 0 Å². The van der Waals surface area contributed by atoms with Crippen LogP contribution >= 0.6 is 0 Å². The maximum atomic E-state index is 5.60. The fraction of sp³-hybridized carbons (Fsp3) is 0.455. The number of hydrogen-bond donors (Lipinski definition) is 1. The lowest BCUT2D eigenvalue weighted by Gasteiger charge is -2.15. The number of nitrogens with zero attached hydrogens (tertiary/aromatic N) is 1. The van der Waals surface area contributed by atoms with Crippen LogP contribution in [0.15, 0.2) is 24.3 Å². The molecule has 0 saturated heterocycles. The summed E-state index contributed by atoms with van der Waals surface area (Å²) in [7, 11) is 2.14. The normalized spacial score (nSPS) is 10.7. The topological polar surface area (TPSA) is 29.3 Å². The van der Waals surface area contributed by atoms with Gasteiger partial charge in [0.25, 0.3) is 0 Å². The van der Waals surface area contributed by atoms with Gasteiger partial charge >= 0.3 is 0 Å². The number of rotatable bonds is 4. The minimum atomic E-state index is 0.835. The molecule has 1 aromatic rings. The Labute approximate surface area is 80.4 Å². The molecule has 0 aliphatic rings. The van der Waals surface area contributed by atoms with Crippen LogP contribution in [0.2, 0.25) is 0 Å². The van der Waals surface area contributed by atoms with Crippen molar-refractivity contribution in [2.75, 3.05) is 19.3 Å². The molecule has 0 aliphatic heterocycles. The summed E-state index contributed by atoms with van der Waals surface area (Å²) in [6, 6.07) is 8.08. The Kier molecular flexibility index (Phi) is 3.77. The van der Waals surface area contributed by atoms with Crippen LogP contribution < -0.4 is 5.73 Å². The molecule has 2 heteroatoms. The highest BCUT2D eigenvalue weighted by Gasteiger charge is 1.97. The van der Waals surface area contributed by atoms with Crippen molar-refractivity contribution in [2.24, 2.45) is 0 Å². The summed E-state index contributed by atoms with van der Waals surface area (Å²) >= 11 is 0. The first kappa shape index (κ1) is 10.1. The first-order valence-corrected chi connectivity index (χ1v) is 4.75. The highest BCUT2D eigenvalue weighted by Crippen LogP contribution is 2.07. The van der Waals surface area contributed by atoms with Gasteiger partial charge in [-0.05, 0) is 37.7 Å².